The molecule has 0 saturated heterocycles. The van der Waals surface area contributed by atoms with E-state index in [0.29, 0.717) is 11.4 Å². The van der Waals surface area contributed by atoms with Crippen molar-refractivity contribution in [3.63, 3.8) is 0 Å². The van der Waals surface area contributed by atoms with E-state index in [4.69, 9.17) is 27.7 Å². The molecule has 0 aliphatic carbocycles. The van der Waals surface area contributed by atoms with Crippen molar-refractivity contribution in [2.24, 2.45) is 0 Å². The number of nitrogens with zero attached hydrogens (tertiary/aromatic N) is 2. The highest BCUT2D eigenvalue weighted by molar-refractivity contribution is 7.90. The second kappa shape index (κ2) is 4.29. The quantitative estimate of drug-likeness (QED) is 0.855. The molecule has 0 aliphatic rings. The number of halogens is 2. The SMILES string of the molecule is Cc1noc(C)c1S(=O)(=O)n1cc(Cl)c(Cl)c1C. The van der Waals surface area contributed by atoms with Gasteiger partial charge in [-0.15, -0.1) is 0 Å². The van der Waals surface area contributed by atoms with Gasteiger partial charge in [-0.05, 0) is 20.8 Å². The van der Waals surface area contributed by atoms with Crippen molar-refractivity contribution < 1.29 is 12.9 Å². The van der Waals surface area contributed by atoms with Crippen molar-refractivity contribution in [3.05, 3.63) is 33.4 Å². The lowest BCUT2D eigenvalue weighted by atomic mass is 10.4. The van der Waals surface area contributed by atoms with Crippen LogP contribution >= 0.6 is 23.2 Å². The fraction of sp³-hybridized carbons (Fsp3) is 0.300. The lowest BCUT2D eigenvalue weighted by Crippen LogP contribution is -2.14. The molecule has 2 heterocycles. The van der Waals surface area contributed by atoms with Crippen LogP contribution in [0.1, 0.15) is 17.1 Å². The fourth-order valence-electron chi connectivity index (χ4n) is 1.72. The molecule has 2 rings (SSSR count). The minimum atomic E-state index is -3.80. The van der Waals surface area contributed by atoms with Gasteiger partial charge in [-0.1, -0.05) is 28.4 Å². The van der Waals surface area contributed by atoms with Gasteiger partial charge >= 0.3 is 0 Å². The van der Waals surface area contributed by atoms with Gasteiger partial charge in [-0.3, -0.25) is 0 Å². The average molecular weight is 309 g/mol. The topological polar surface area (TPSA) is 65.1 Å². The van der Waals surface area contributed by atoms with Crippen LogP contribution in [0.5, 0.6) is 0 Å². The highest BCUT2D eigenvalue weighted by Crippen LogP contribution is 2.31. The standard InChI is InChI=1S/C10H10Cl2N2O3S/c1-5-10(7(3)17-13-5)18(15,16)14-4-8(11)9(12)6(14)2/h4H,1-3H3. The predicted molar refractivity (Wildman–Crippen MR) is 67.7 cm³/mol. The number of aryl methyl sites for hydroxylation is 2. The minimum absolute atomic E-state index is 0.0360. The Bertz CT molecular complexity index is 696. The number of hydrogen-bond donors (Lipinski definition) is 0. The van der Waals surface area contributed by atoms with Gasteiger partial charge < -0.3 is 4.52 Å². The summed E-state index contributed by atoms with van der Waals surface area (Å²) in [4.78, 5) is 0.0360. The summed E-state index contributed by atoms with van der Waals surface area (Å²) in [5.74, 6) is 0.229. The van der Waals surface area contributed by atoms with Crippen LogP contribution in [0.3, 0.4) is 0 Å². The Morgan fingerprint density at radius 3 is 2.28 bits per heavy atom. The second-order valence-corrected chi connectivity index (χ2v) is 6.37. The molecule has 0 fully saturated rings. The summed E-state index contributed by atoms with van der Waals surface area (Å²) in [6.45, 7) is 4.67. The molecule has 2 aromatic heterocycles. The van der Waals surface area contributed by atoms with E-state index < -0.39 is 10.0 Å². The maximum Gasteiger partial charge on any atom is 0.273 e. The number of aromatic nitrogens is 2. The Hall–Kier alpha value is -0.980. The fourth-order valence-corrected chi connectivity index (χ4v) is 3.90. The lowest BCUT2D eigenvalue weighted by Gasteiger charge is -2.07. The van der Waals surface area contributed by atoms with Crippen molar-refractivity contribution in [2.75, 3.05) is 0 Å². The van der Waals surface area contributed by atoms with Gasteiger partial charge in [0.15, 0.2) is 10.7 Å². The molecular weight excluding hydrogens is 299 g/mol. The summed E-state index contributed by atoms with van der Waals surface area (Å²) in [5, 5.41) is 4.03. The first kappa shape index (κ1) is 13.5. The summed E-state index contributed by atoms with van der Waals surface area (Å²) in [6, 6.07) is 0. The van der Waals surface area contributed by atoms with E-state index in [1.807, 2.05) is 0 Å². The van der Waals surface area contributed by atoms with Crippen molar-refractivity contribution in [1.29, 1.82) is 0 Å². The van der Waals surface area contributed by atoms with Crippen LogP contribution in [-0.4, -0.2) is 17.5 Å². The van der Waals surface area contributed by atoms with Gasteiger partial charge in [0.25, 0.3) is 10.0 Å². The summed E-state index contributed by atoms with van der Waals surface area (Å²) in [7, 11) is -3.80. The zero-order chi connectivity index (χ0) is 13.7. The monoisotopic (exact) mass is 308 g/mol. The first-order valence-corrected chi connectivity index (χ1v) is 7.17. The molecule has 18 heavy (non-hydrogen) atoms. The van der Waals surface area contributed by atoms with Gasteiger partial charge in [0.1, 0.15) is 5.69 Å². The van der Waals surface area contributed by atoms with Gasteiger partial charge in [0.2, 0.25) is 0 Å². The lowest BCUT2D eigenvalue weighted by molar-refractivity contribution is 0.390. The van der Waals surface area contributed by atoms with Crippen LogP contribution in [-0.2, 0) is 10.0 Å². The summed E-state index contributed by atoms with van der Waals surface area (Å²) >= 11 is 11.7. The maximum absolute atomic E-state index is 12.5. The van der Waals surface area contributed by atoms with Crippen LogP contribution in [0, 0.1) is 20.8 Å². The van der Waals surface area contributed by atoms with E-state index in [1.165, 1.54) is 13.1 Å². The van der Waals surface area contributed by atoms with Crippen molar-refractivity contribution in [2.45, 2.75) is 25.7 Å². The zero-order valence-corrected chi connectivity index (χ0v) is 12.2. The number of rotatable bonds is 2. The zero-order valence-electron chi connectivity index (χ0n) is 9.86. The summed E-state index contributed by atoms with van der Waals surface area (Å²) in [5.41, 5.74) is 0.648. The van der Waals surface area contributed by atoms with E-state index in [1.54, 1.807) is 13.8 Å². The molecule has 2 aromatic rings. The van der Waals surface area contributed by atoms with E-state index in [-0.39, 0.29) is 20.7 Å². The second-order valence-electron chi connectivity index (χ2n) is 3.83. The summed E-state index contributed by atoms with van der Waals surface area (Å²) < 4.78 is 30.8. The van der Waals surface area contributed by atoms with Crippen molar-refractivity contribution in [3.8, 4) is 0 Å². The molecule has 98 valence electrons. The van der Waals surface area contributed by atoms with Crippen LogP contribution in [0.25, 0.3) is 0 Å². The molecule has 0 atom stereocenters. The molecule has 0 radical (unpaired) electrons. The average Bonchev–Trinajstić information content (AvgIpc) is 2.74. The first-order valence-electron chi connectivity index (χ1n) is 4.98. The molecule has 0 bridgehead atoms. The Kier molecular flexibility index (Phi) is 3.21. The molecule has 0 saturated carbocycles. The van der Waals surface area contributed by atoms with E-state index in [9.17, 15) is 8.42 Å². The Labute approximate surface area is 114 Å². The molecular formula is C10H10Cl2N2O3S. The Balaban J connectivity index is 2.74. The van der Waals surface area contributed by atoms with Gasteiger partial charge in [-0.25, -0.2) is 12.4 Å². The van der Waals surface area contributed by atoms with Crippen molar-refractivity contribution in [1.82, 2.24) is 9.13 Å². The highest BCUT2D eigenvalue weighted by atomic mass is 35.5. The third-order valence-corrected chi connectivity index (χ3v) is 5.43. The Morgan fingerprint density at radius 1 is 1.28 bits per heavy atom. The smallest absolute Gasteiger partial charge is 0.273 e. The van der Waals surface area contributed by atoms with Gasteiger partial charge in [0.05, 0.1) is 15.7 Å². The molecule has 0 spiro atoms. The predicted octanol–water partition coefficient (Wildman–Crippen LogP) is 2.95. The molecule has 0 amide bonds. The third-order valence-electron chi connectivity index (χ3n) is 2.57. The normalized spacial score (nSPS) is 12.1. The molecule has 0 unspecified atom stereocenters. The van der Waals surface area contributed by atoms with Crippen molar-refractivity contribution >= 4 is 33.2 Å². The minimum Gasteiger partial charge on any atom is -0.360 e. The van der Waals surface area contributed by atoms with Crippen LogP contribution < -0.4 is 0 Å². The summed E-state index contributed by atoms with van der Waals surface area (Å²) in [6.07, 6.45) is 1.26. The van der Waals surface area contributed by atoms with Gasteiger partial charge in [0, 0.05) is 6.20 Å². The molecule has 0 aromatic carbocycles. The molecule has 0 aliphatic heterocycles. The van der Waals surface area contributed by atoms with E-state index >= 15 is 0 Å². The Morgan fingerprint density at radius 2 is 1.89 bits per heavy atom. The number of hydrogen-bond acceptors (Lipinski definition) is 4. The van der Waals surface area contributed by atoms with Crippen LogP contribution in [0.2, 0.25) is 10.0 Å². The van der Waals surface area contributed by atoms with E-state index in [0.717, 1.165) is 3.97 Å². The first-order chi connectivity index (χ1) is 8.26. The van der Waals surface area contributed by atoms with Gasteiger partial charge in [-0.2, -0.15) is 0 Å². The molecule has 5 nitrogen and oxygen atoms in total. The van der Waals surface area contributed by atoms with E-state index in [2.05, 4.69) is 5.16 Å². The molecule has 0 N–H and O–H groups in total. The molecule has 8 heteroatoms. The largest absolute Gasteiger partial charge is 0.360 e. The maximum atomic E-state index is 12.5. The third kappa shape index (κ3) is 1.84. The highest BCUT2D eigenvalue weighted by Gasteiger charge is 2.28. The van der Waals surface area contributed by atoms with Crippen LogP contribution in [0.4, 0.5) is 0 Å². The van der Waals surface area contributed by atoms with Crippen LogP contribution in [0.15, 0.2) is 15.6 Å².